The van der Waals surface area contributed by atoms with Crippen LogP contribution in [0.15, 0.2) is 34.3 Å². The average Bonchev–Trinajstić information content (AvgIpc) is 3.26. The number of furan rings is 1. The maximum Gasteiger partial charge on any atom is 0.233 e. The zero-order chi connectivity index (χ0) is 16.8. The number of carbonyl (C=O) groups excluding carboxylic acids is 1. The first kappa shape index (κ1) is 17.1. The lowest BCUT2D eigenvalue weighted by Crippen LogP contribution is -2.35. The van der Waals surface area contributed by atoms with Crippen LogP contribution in [0.1, 0.15) is 44.8 Å². The third-order valence-electron chi connectivity index (χ3n) is 4.43. The van der Waals surface area contributed by atoms with E-state index in [0.717, 1.165) is 17.5 Å². The Morgan fingerprint density at radius 3 is 3.04 bits per heavy atom. The molecule has 2 aromatic rings. The van der Waals surface area contributed by atoms with Crippen molar-refractivity contribution >= 4 is 17.7 Å². The largest absolute Gasteiger partial charge is 0.467 e. The fourth-order valence-corrected chi connectivity index (χ4v) is 3.85. The molecule has 6 nitrogen and oxygen atoms in total. The summed E-state index contributed by atoms with van der Waals surface area (Å²) in [6, 6.07) is 3.77. The van der Waals surface area contributed by atoms with Gasteiger partial charge in [-0.3, -0.25) is 4.79 Å². The molecule has 130 valence electrons. The Labute approximate surface area is 146 Å². The Kier molecular flexibility index (Phi) is 5.96. The third-order valence-corrected chi connectivity index (χ3v) is 5.52. The summed E-state index contributed by atoms with van der Waals surface area (Å²) in [6.07, 6.45) is 9.70. The van der Waals surface area contributed by atoms with Gasteiger partial charge in [0.1, 0.15) is 12.1 Å². The molecule has 3 rings (SSSR count). The fourth-order valence-electron chi connectivity index (χ4n) is 3.01. The van der Waals surface area contributed by atoms with Gasteiger partial charge in [0, 0.05) is 6.54 Å². The van der Waals surface area contributed by atoms with E-state index in [2.05, 4.69) is 15.5 Å². The lowest BCUT2D eigenvalue weighted by Gasteiger charge is -2.22. The van der Waals surface area contributed by atoms with E-state index in [-0.39, 0.29) is 11.2 Å². The van der Waals surface area contributed by atoms with Gasteiger partial charge in [-0.15, -0.1) is 10.2 Å². The normalized spacial score (nSPS) is 16.9. The summed E-state index contributed by atoms with van der Waals surface area (Å²) in [6.45, 7) is 3.27. The summed E-state index contributed by atoms with van der Waals surface area (Å²) in [4.78, 5) is 12.3. The Bertz CT molecular complexity index is 635. The van der Waals surface area contributed by atoms with Crippen LogP contribution in [-0.2, 0) is 11.3 Å². The zero-order valence-corrected chi connectivity index (χ0v) is 14.8. The summed E-state index contributed by atoms with van der Waals surface area (Å²) in [7, 11) is 0. The molecular weight excluding hydrogens is 324 g/mol. The molecular formula is C17H24N4O2S. The minimum atomic E-state index is -0.201. The Morgan fingerprint density at radius 2 is 2.29 bits per heavy atom. The van der Waals surface area contributed by atoms with E-state index in [4.69, 9.17) is 4.42 Å². The monoisotopic (exact) mass is 348 g/mol. The molecule has 1 N–H and O–H groups in total. The van der Waals surface area contributed by atoms with Crippen molar-refractivity contribution in [1.29, 1.82) is 0 Å². The molecule has 1 aliphatic carbocycles. The summed E-state index contributed by atoms with van der Waals surface area (Å²) in [5, 5.41) is 11.7. The van der Waals surface area contributed by atoms with E-state index in [1.807, 2.05) is 23.6 Å². The highest BCUT2D eigenvalue weighted by molar-refractivity contribution is 8.00. The topological polar surface area (TPSA) is 73.0 Å². The molecule has 0 saturated heterocycles. The summed E-state index contributed by atoms with van der Waals surface area (Å²) < 4.78 is 7.25. The molecule has 1 atom stereocenters. The maximum atomic E-state index is 12.3. The lowest BCUT2D eigenvalue weighted by molar-refractivity contribution is -0.120. The first-order valence-electron chi connectivity index (χ1n) is 8.57. The number of thioether (sulfide) groups is 1. The molecule has 7 heteroatoms. The van der Waals surface area contributed by atoms with Crippen molar-refractivity contribution < 1.29 is 9.21 Å². The standard InChI is InChI=1S/C17H24N4O2S/c1-13(16(22)18-10-14-6-3-2-4-7-14)24-17-20-19-12-21(17)11-15-8-5-9-23-15/h5,8-9,12-14H,2-4,6-7,10-11H2,1H3,(H,18,22). The van der Waals surface area contributed by atoms with Crippen molar-refractivity contribution in [2.75, 3.05) is 6.54 Å². The maximum absolute atomic E-state index is 12.3. The van der Waals surface area contributed by atoms with E-state index >= 15 is 0 Å². The Balaban J connectivity index is 1.49. The van der Waals surface area contributed by atoms with Gasteiger partial charge in [0.2, 0.25) is 5.91 Å². The first-order valence-corrected chi connectivity index (χ1v) is 9.45. The predicted molar refractivity (Wildman–Crippen MR) is 92.7 cm³/mol. The molecule has 2 heterocycles. The zero-order valence-electron chi connectivity index (χ0n) is 14.0. The molecule has 2 aromatic heterocycles. The number of hydrogen-bond donors (Lipinski definition) is 1. The van der Waals surface area contributed by atoms with Crippen LogP contribution in [0.2, 0.25) is 0 Å². The van der Waals surface area contributed by atoms with E-state index < -0.39 is 0 Å². The highest BCUT2D eigenvalue weighted by atomic mass is 32.2. The fraction of sp³-hybridized carbons (Fsp3) is 0.588. The quantitative estimate of drug-likeness (QED) is 0.779. The van der Waals surface area contributed by atoms with Crippen molar-refractivity contribution in [2.24, 2.45) is 5.92 Å². The highest BCUT2D eigenvalue weighted by Crippen LogP contribution is 2.24. The van der Waals surface area contributed by atoms with Crippen LogP contribution in [0.5, 0.6) is 0 Å². The van der Waals surface area contributed by atoms with Crippen LogP contribution in [0.4, 0.5) is 0 Å². The SMILES string of the molecule is CC(Sc1nncn1Cc1ccco1)C(=O)NCC1CCCCC1. The van der Waals surface area contributed by atoms with E-state index in [1.165, 1.54) is 43.9 Å². The smallest absolute Gasteiger partial charge is 0.233 e. The van der Waals surface area contributed by atoms with Gasteiger partial charge in [0.15, 0.2) is 5.16 Å². The molecule has 1 saturated carbocycles. The van der Waals surface area contributed by atoms with Crippen LogP contribution < -0.4 is 5.32 Å². The van der Waals surface area contributed by atoms with Crippen LogP contribution in [0.25, 0.3) is 0 Å². The molecule has 0 spiro atoms. The van der Waals surface area contributed by atoms with Gasteiger partial charge in [-0.05, 0) is 37.8 Å². The Hall–Kier alpha value is -1.76. The molecule has 0 bridgehead atoms. The number of nitrogens with one attached hydrogen (secondary N) is 1. The highest BCUT2D eigenvalue weighted by Gasteiger charge is 2.20. The molecule has 0 aromatic carbocycles. The minimum Gasteiger partial charge on any atom is -0.467 e. The van der Waals surface area contributed by atoms with Crippen molar-refractivity contribution in [1.82, 2.24) is 20.1 Å². The molecule has 0 aliphatic heterocycles. The minimum absolute atomic E-state index is 0.0677. The van der Waals surface area contributed by atoms with Crippen molar-refractivity contribution in [3.8, 4) is 0 Å². The van der Waals surface area contributed by atoms with Gasteiger partial charge in [-0.25, -0.2) is 0 Å². The van der Waals surface area contributed by atoms with Gasteiger partial charge in [0.25, 0.3) is 0 Å². The van der Waals surface area contributed by atoms with Crippen LogP contribution in [0.3, 0.4) is 0 Å². The summed E-state index contributed by atoms with van der Waals surface area (Å²) in [5.41, 5.74) is 0. The van der Waals surface area contributed by atoms with Gasteiger partial charge in [-0.2, -0.15) is 0 Å². The molecule has 1 amide bonds. The van der Waals surface area contributed by atoms with E-state index in [0.29, 0.717) is 12.5 Å². The first-order chi connectivity index (χ1) is 11.7. The van der Waals surface area contributed by atoms with Gasteiger partial charge in [0.05, 0.1) is 18.1 Å². The molecule has 1 aliphatic rings. The van der Waals surface area contributed by atoms with Crippen molar-refractivity contribution in [3.05, 3.63) is 30.5 Å². The lowest BCUT2D eigenvalue weighted by atomic mass is 9.89. The number of hydrogen-bond acceptors (Lipinski definition) is 5. The molecule has 1 fully saturated rings. The second-order valence-electron chi connectivity index (χ2n) is 6.33. The second-order valence-corrected chi connectivity index (χ2v) is 7.64. The number of rotatable bonds is 7. The van der Waals surface area contributed by atoms with Gasteiger partial charge in [-0.1, -0.05) is 31.0 Å². The van der Waals surface area contributed by atoms with E-state index in [1.54, 1.807) is 12.6 Å². The molecule has 1 unspecified atom stereocenters. The second kappa shape index (κ2) is 8.37. The summed E-state index contributed by atoms with van der Waals surface area (Å²) >= 11 is 1.43. The number of carbonyl (C=O) groups is 1. The molecule has 0 radical (unpaired) electrons. The number of aromatic nitrogens is 3. The predicted octanol–water partition coefficient (Wildman–Crippen LogP) is 3.10. The number of amides is 1. The Morgan fingerprint density at radius 1 is 1.46 bits per heavy atom. The number of nitrogens with zero attached hydrogens (tertiary/aromatic N) is 3. The van der Waals surface area contributed by atoms with Crippen LogP contribution in [0, 0.1) is 5.92 Å². The van der Waals surface area contributed by atoms with E-state index in [9.17, 15) is 4.79 Å². The van der Waals surface area contributed by atoms with Crippen molar-refractivity contribution in [3.63, 3.8) is 0 Å². The third kappa shape index (κ3) is 4.63. The summed E-state index contributed by atoms with van der Waals surface area (Å²) in [5.74, 6) is 1.55. The average molecular weight is 348 g/mol. The van der Waals surface area contributed by atoms with Crippen LogP contribution >= 0.6 is 11.8 Å². The molecule has 24 heavy (non-hydrogen) atoms. The van der Waals surface area contributed by atoms with Gasteiger partial charge >= 0.3 is 0 Å². The van der Waals surface area contributed by atoms with Crippen LogP contribution in [-0.4, -0.2) is 32.5 Å². The van der Waals surface area contributed by atoms with Crippen molar-refractivity contribution in [2.45, 2.75) is 56.0 Å². The van der Waals surface area contributed by atoms with Gasteiger partial charge < -0.3 is 14.3 Å².